The van der Waals surface area contributed by atoms with E-state index in [0.717, 1.165) is 0 Å². The van der Waals surface area contributed by atoms with Gasteiger partial charge in [0.1, 0.15) is 0 Å². The molecule has 0 bridgehead atoms. The number of nitrogens with zero attached hydrogens (tertiary/aromatic N) is 1. The van der Waals surface area contributed by atoms with Crippen molar-refractivity contribution < 1.29 is 15.0 Å². The van der Waals surface area contributed by atoms with Gasteiger partial charge in [0.25, 0.3) is 0 Å². The Kier molecular flexibility index (Phi) is 3.05. The van der Waals surface area contributed by atoms with Crippen molar-refractivity contribution in [1.29, 1.82) is 0 Å². The number of carbonyl (C=O) groups is 1. The fraction of sp³-hybridized carbons (Fsp3) is 0.875. The van der Waals surface area contributed by atoms with Crippen LogP contribution < -0.4 is 0 Å². The molecule has 2 N–H and O–H groups in total. The third-order valence-corrected chi connectivity index (χ3v) is 2.23. The van der Waals surface area contributed by atoms with Gasteiger partial charge in [0, 0.05) is 13.0 Å². The number of rotatable bonds is 2. The summed E-state index contributed by atoms with van der Waals surface area (Å²) in [6.07, 6.45) is 0.475. The van der Waals surface area contributed by atoms with E-state index >= 15 is 0 Å². The summed E-state index contributed by atoms with van der Waals surface area (Å²) < 4.78 is 0. The molecule has 4 nitrogen and oxygen atoms in total. The quantitative estimate of drug-likeness (QED) is 0.583. The van der Waals surface area contributed by atoms with Crippen LogP contribution in [0, 0.1) is 0 Å². The van der Waals surface area contributed by atoms with Crippen LogP contribution in [0.1, 0.15) is 19.8 Å². The molecular formula is C8H15NO3. The SMILES string of the molecule is CCC(=O)N1C[C@@H](O)C[C@H]1CO. The summed E-state index contributed by atoms with van der Waals surface area (Å²) in [5, 5.41) is 18.1. The van der Waals surface area contributed by atoms with Gasteiger partial charge in [0.2, 0.25) is 5.91 Å². The van der Waals surface area contributed by atoms with Gasteiger partial charge >= 0.3 is 0 Å². The smallest absolute Gasteiger partial charge is 0.222 e. The predicted octanol–water partition coefficient (Wildman–Crippen LogP) is -0.650. The van der Waals surface area contributed by atoms with Crippen LogP contribution in [0.4, 0.5) is 0 Å². The molecule has 1 fully saturated rings. The number of hydrogen-bond acceptors (Lipinski definition) is 3. The third kappa shape index (κ3) is 1.76. The second-order valence-electron chi connectivity index (χ2n) is 3.13. The van der Waals surface area contributed by atoms with E-state index in [9.17, 15) is 9.90 Å². The Balaban J connectivity index is 2.57. The Morgan fingerprint density at radius 3 is 2.83 bits per heavy atom. The Hall–Kier alpha value is -0.610. The van der Waals surface area contributed by atoms with Gasteiger partial charge in [0.05, 0.1) is 18.8 Å². The van der Waals surface area contributed by atoms with Crippen molar-refractivity contribution in [3.63, 3.8) is 0 Å². The summed E-state index contributed by atoms with van der Waals surface area (Å²) in [5.74, 6) is 0.00519. The number of aliphatic hydroxyl groups excluding tert-OH is 2. The minimum atomic E-state index is -0.461. The lowest BCUT2D eigenvalue weighted by Gasteiger charge is -2.21. The molecule has 0 aliphatic carbocycles. The van der Waals surface area contributed by atoms with Gasteiger partial charge in [-0.3, -0.25) is 4.79 Å². The maximum Gasteiger partial charge on any atom is 0.222 e. The van der Waals surface area contributed by atoms with E-state index in [2.05, 4.69) is 0 Å². The second kappa shape index (κ2) is 3.87. The van der Waals surface area contributed by atoms with Crippen LogP contribution >= 0.6 is 0 Å². The second-order valence-corrected chi connectivity index (χ2v) is 3.13. The highest BCUT2D eigenvalue weighted by Gasteiger charge is 2.32. The molecular weight excluding hydrogens is 158 g/mol. The molecule has 1 saturated heterocycles. The molecule has 0 spiro atoms. The molecule has 1 rings (SSSR count). The van der Waals surface area contributed by atoms with E-state index in [4.69, 9.17) is 5.11 Å². The van der Waals surface area contributed by atoms with Crippen molar-refractivity contribution in [2.75, 3.05) is 13.2 Å². The molecule has 0 radical (unpaired) electrons. The summed E-state index contributed by atoms with van der Waals surface area (Å²) in [6, 6.07) is -0.174. The zero-order valence-corrected chi connectivity index (χ0v) is 7.23. The number of hydrogen-bond donors (Lipinski definition) is 2. The first-order valence-corrected chi connectivity index (χ1v) is 4.27. The average Bonchev–Trinajstić information content (AvgIpc) is 2.45. The zero-order valence-electron chi connectivity index (χ0n) is 7.23. The van der Waals surface area contributed by atoms with Crippen molar-refractivity contribution in [3.8, 4) is 0 Å². The summed E-state index contributed by atoms with van der Waals surface area (Å²) in [7, 11) is 0. The van der Waals surface area contributed by atoms with Gasteiger partial charge in [-0.25, -0.2) is 0 Å². The number of likely N-dealkylation sites (tertiary alicyclic amines) is 1. The summed E-state index contributed by atoms with van der Waals surface area (Å²) >= 11 is 0. The Morgan fingerprint density at radius 1 is 1.67 bits per heavy atom. The van der Waals surface area contributed by atoms with Crippen molar-refractivity contribution in [3.05, 3.63) is 0 Å². The van der Waals surface area contributed by atoms with E-state index in [0.29, 0.717) is 19.4 Å². The summed E-state index contributed by atoms with van der Waals surface area (Å²) in [4.78, 5) is 12.8. The van der Waals surface area contributed by atoms with Crippen LogP contribution in [0.3, 0.4) is 0 Å². The molecule has 0 saturated carbocycles. The van der Waals surface area contributed by atoms with Crippen molar-refractivity contribution in [1.82, 2.24) is 4.90 Å². The topological polar surface area (TPSA) is 60.8 Å². The van der Waals surface area contributed by atoms with Crippen LogP contribution in [-0.4, -0.2) is 46.3 Å². The van der Waals surface area contributed by atoms with Crippen LogP contribution in [0.15, 0.2) is 0 Å². The lowest BCUT2D eigenvalue weighted by molar-refractivity contribution is -0.132. The van der Waals surface area contributed by atoms with Crippen LogP contribution in [0.2, 0.25) is 0 Å². The molecule has 12 heavy (non-hydrogen) atoms. The third-order valence-electron chi connectivity index (χ3n) is 2.23. The average molecular weight is 173 g/mol. The normalized spacial score (nSPS) is 29.4. The van der Waals surface area contributed by atoms with Crippen LogP contribution in [-0.2, 0) is 4.79 Å². The molecule has 1 aliphatic heterocycles. The maximum atomic E-state index is 11.2. The monoisotopic (exact) mass is 173 g/mol. The van der Waals surface area contributed by atoms with Crippen molar-refractivity contribution >= 4 is 5.91 Å². The fourth-order valence-electron chi connectivity index (χ4n) is 1.57. The van der Waals surface area contributed by atoms with Crippen molar-refractivity contribution in [2.24, 2.45) is 0 Å². The minimum absolute atomic E-state index is 0.00519. The Labute approximate surface area is 71.8 Å². The van der Waals surface area contributed by atoms with E-state index in [1.165, 1.54) is 0 Å². The number of β-amino-alcohol motifs (C(OH)–C–C–N with tert-alkyl or cyclic N) is 1. The molecule has 1 aliphatic rings. The molecule has 1 amide bonds. The Bertz CT molecular complexity index is 172. The molecule has 0 aromatic rings. The van der Waals surface area contributed by atoms with E-state index in [-0.39, 0.29) is 18.6 Å². The zero-order chi connectivity index (χ0) is 9.14. The first kappa shape index (κ1) is 9.48. The maximum absolute atomic E-state index is 11.2. The lowest BCUT2D eigenvalue weighted by Crippen LogP contribution is -2.37. The largest absolute Gasteiger partial charge is 0.394 e. The van der Waals surface area contributed by atoms with E-state index < -0.39 is 6.10 Å². The molecule has 2 atom stereocenters. The standard InChI is InChI=1S/C8H15NO3/c1-2-8(12)9-4-7(11)3-6(9)5-10/h6-7,10-11H,2-5H2,1H3/t6-,7-/m0/s1. The van der Waals surface area contributed by atoms with Gasteiger partial charge in [-0.1, -0.05) is 6.92 Å². The highest BCUT2D eigenvalue weighted by atomic mass is 16.3. The molecule has 0 unspecified atom stereocenters. The van der Waals surface area contributed by atoms with Gasteiger partial charge in [-0.05, 0) is 6.42 Å². The number of amides is 1. The fourth-order valence-corrected chi connectivity index (χ4v) is 1.57. The number of carbonyl (C=O) groups excluding carboxylic acids is 1. The minimum Gasteiger partial charge on any atom is -0.394 e. The van der Waals surface area contributed by atoms with Crippen LogP contribution in [0.5, 0.6) is 0 Å². The van der Waals surface area contributed by atoms with Gasteiger partial charge in [-0.15, -0.1) is 0 Å². The van der Waals surface area contributed by atoms with E-state index in [1.807, 2.05) is 0 Å². The lowest BCUT2D eigenvalue weighted by atomic mass is 10.2. The van der Waals surface area contributed by atoms with Crippen LogP contribution in [0.25, 0.3) is 0 Å². The first-order chi connectivity index (χ1) is 5.69. The van der Waals surface area contributed by atoms with Gasteiger partial charge < -0.3 is 15.1 Å². The van der Waals surface area contributed by atoms with E-state index in [1.54, 1.807) is 11.8 Å². The molecule has 0 aromatic heterocycles. The Morgan fingerprint density at radius 2 is 2.33 bits per heavy atom. The highest BCUT2D eigenvalue weighted by molar-refractivity contribution is 5.76. The van der Waals surface area contributed by atoms with Crippen molar-refractivity contribution in [2.45, 2.75) is 31.9 Å². The predicted molar refractivity (Wildman–Crippen MR) is 43.5 cm³/mol. The van der Waals surface area contributed by atoms with Gasteiger partial charge in [0.15, 0.2) is 0 Å². The molecule has 4 heteroatoms. The highest BCUT2D eigenvalue weighted by Crippen LogP contribution is 2.17. The number of aliphatic hydroxyl groups is 2. The molecule has 1 heterocycles. The first-order valence-electron chi connectivity index (χ1n) is 4.27. The van der Waals surface area contributed by atoms with Gasteiger partial charge in [-0.2, -0.15) is 0 Å². The molecule has 70 valence electrons. The molecule has 0 aromatic carbocycles. The summed E-state index contributed by atoms with van der Waals surface area (Å²) in [5.41, 5.74) is 0. The summed E-state index contributed by atoms with van der Waals surface area (Å²) in [6.45, 7) is 2.10.